The van der Waals surface area contributed by atoms with E-state index in [4.69, 9.17) is 9.84 Å². The lowest BCUT2D eigenvalue weighted by Gasteiger charge is -2.27. The highest BCUT2D eigenvalue weighted by Crippen LogP contribution is 2.44. The zero-order chi connectivity index (χ0) is 25.4. The Bertz CT molecular complexity index is 1010. The van der Waals surface area contributed by atoms with E-state index in [-0.39, 0.29) is 37.3 Å². The van der Waals surface area contributed by atoms with Gasteiger partial charge in [0.1, 0.15) is 6.61 Å². The number of hydrogen-bond acceptors (Lipinski definition) is 4. The summed E-state index contributed by atoms with van der Waals surface area (Å²) >= 11 is 0. The van der Waals surface area contributed by atoms with Crippen LogP contribution in [0.5, 0.6) is 0 Å². The molecule has 0 saturated heterocycles. The van der Waals surface area contributed by atoms with Gasteiger partial charge < -0.3 is 20.5 Å². The fourth-order valence-corrected chi connectivity index (χ4v) is 4.44. The van der Waals surface area contributed by atoms with Crippen molar-refractivity contribution in [3.63, 3.8) is 0 Å². The highest BCUT2D eigenvalue weighted by atomic mass is 16.5. The zero-order valence-corrected chi connectivity index (χ0v) is 20.8. The Labute approximate surface area is 207 Å². The van der Waals surface area contributed by atoms with E-state index in [1.54, 1.807) is 0 Å². The highest BCUT2D eigenvalue weighted by Gasteiger charge is 2.33. The molecule has 35 heavy (non-hydrogen) atoms. The Morgan fingerprint density at radius 2 is 1.60 bits per heavy atom. The van der Waals surface area contributed by atoms with Gasteiger partial charge in [0.15, 0.2) is 0 Å². The monoisotopic (exact) mass is 480 g/mol. The van der Waals surface area contributed by atoms with Crippen molar-refractivity contribution in [2.24, 2.45) is 11.3 Å². The van der Waals surface area contributed by atoms with Crippen LogP contribution in [0.15, 0.2) is 48.5 Å². The second-order valence-corrected chi connectivity index (χ2v) is 9.68. The number of hydrogen-bond donors (Lipinski definition) is 3. The van der Waals surface area contributed by atoms with Crippen molar-refractivity contribution in [2.75, 3.05) is 19.7 Å². The molecule has 0 fully saturated rings. The van der Waals surface area contributed by atoms with Crippen LogP contribution < -0.4 is 10.6 Å². The number of carboxylic acids is 1. The Morgan fingerprint density at radius 1 is 1.00 bits per heavy atom. The van der Waals surface area contributed by atoms with Crippen LogP contribution in [0.1, 0.15) is 63.5 Å². The zero-order valence-electron chi connectivity index (χ0n) is 20.8. The number of ether oxygens (including phenoxy) is 1. The third kappa shape index (κ3) is 6.62. The fourth-order valence-electron chi connectivity index (χ4n) is 4.44. The SMILES string of the molecule is CCC(C)(CNC(=O)OCC1c2ccccc2-c2ccccc21)C(=O)NCCC(C)CCC(=O)O. The first-order chi connectivity index (χ1) is 16.7. The molecular weight excluding hydrogens is 444 g/mol. The summed E-state index contributed by atoms with van der Waals surface area (Å²) in [5.41, 5.74) is 3.87. The first kappa shape index (κ1) is 26.3. The maximum Gasteiger partial charge on any atom is 0.407 e. The summed E-state index contributed by atoms with van der Waals surface area (Å²) in [4.78, 5) is 36.0. The second kappa shape index (κ2) is 11.9. The molecule has 1 aliphatic carbocycles. The van der Waals surface area contributed by atoms with Gasteiger partial charge in [0.25, 0.3) is 0 Å². The number of carbonyl (C=O) groups excluding carboxylic acids is 2. The van der Waals surface area contributed by atoms with Crippen molar-refractivity contribution in [3.8, 4) is 11.1 Å². The van der Waals surface area contributed by atoms with Crippen molar-refractivity contribution in [1.29, 1.82) is 0 Å². The molecule has 188 valence electrons. The molecule has 0 radical (unpaired) electrons. The van der Waals surface area contributed by atoms with Gasteiger partial charge in [-0.2, -0.15) is 0 Å². The molecule has 0 heterocycles. The third-order valence-electron chi connectivity index (χ3n) is 7.07. The molecule has 1 aliphatic rings. The Kier molecular flexibility index (Phi) is 8.90. The summed E-state index contributed by atoms with van der Waals surface area (Å²) in [6.45, 7) is 6.57. The lowest BCUT2D eigenvalue weighted by molar-refractivity contribution is -0.137. The summed E-state index contributed by atoms with van der Waals surface area (Å²) in [6, 6.07) is 16.3. The first-order valence-corrected chi connectivity index (χ1v) is 12.3. The van der Waals surface area contributed by atoms with E-state index >= 15 is 0 Å². The summed E-state index contributed by atoms with van der Waals surface area (Å²) in [7, 11) is 0. The molecule has 2 amide bonds. The second-order valence-electron chi connectivity index (χ2n) is 9.68. The number of carboxylic acid groups (broad SMARTS) is 1. The molecule has 3 rings (SSSR count). The lowest BCUT2D eigenvalue weighted by atomic mass is 9.86. The van der Waals surface area contributed by atoms with Crippen LogP contribution in [0.4, 0.5) is 4.79 Å². The van der Waals surface area contributed by atoms with Gasteiger partial charge >= 0.3 is 12.1 Å². The quantitative estimate of drug-likeness (QED) is 0.399. The van der Waals surface area contributed by atoms with E-state index < -0.39 is 17.5 Å². The molecule has 7 heteroatoms. The fraction of sp³-hybridized carbons (Fsp3) is 0.464. The van der Waals surface area contributed by atoms with Gasteiger partial charge in [-0.15, -0.1) is 0 Å². The predicted octanol–water partition coefficient (Wildman–Crippen LogP) is 4.95. The molecule has 7 nitrogen and oxygen atoms in total. The van der Waals surface area contributed by atoms with Gasteiger partial charge in [-0.05, 0) is 54.4 Å². The summed E-state index contributed by atoms with van der Waals surface area (Å²) < 4.78 is 5.59. The molecule has 2 aromatic rings. The molecule has 0 aromatic heterocycles. The molecule has 0 aliphatic heterocycles. The number of fused-ring (bicyclic) bond motifs is 3. The van der Waals surface area contributed by atoms with Crippen LogP contribution >= 0.6 is 0 Å². The predicted molar refractivity (Wildman–Crippen MR) is 135 cm³/mol. The van der Waals surface area contributed by atoms with Gasteiger partial charge in [-0.3, -0.25) is 9.59 Å². The van der Waals surface area contributed by atoms with E-state index in [1.807, 2.05) is 45.0 Å². The minimum absolute atomic E-state index is 0.0166. The van der Waals surface area contributed by atoms with Crippen molar-refractivity contribution < 1.29 is 24.2 Å². The number of nitrogens with one attached hydrogen (secondary N) is 2. The van der Waals surface area contributed by atoms with Crippen molar-refractivity contribution >= 4 is 18.0 Å². The van der Waals surface area contributed by atoms with Gasteiger partial charge in [0, 0.05) is 25.4 Å². The van der Waals surface area contributed by atoms with Gasteiger partial charge in [0.05, 0.1) is 5.41 Å². The Balaban J connectivity index is 1.48. The van der Waals surface area contributed by atoms with E-state index in [9.17, 15) is 14.4 Å². The van der Waals surface area contributed by atoms with Crippen LogP contribution in [-0.2, 0) is 14.3 Å². The average Bonchev–Trinajstić information content (AvgIpc) is 3.18. The highest BCUT2D eigenvalue weighted by molar-refractivity contribution is 5.83. The van der Waals surface area contributed by atoms with Crippen LogP contribution in [0, 0.1) is 11.3 Å². The maximum absolute atomic E-state index is 12.8. The molecule has 3 N–H and O–H groups in total. The minimum atomic E-state index is -0.807. The lowest BCUT2D eigenvalue weighted by Crippen LogP contribution is -2.47. The van der Waals surface area contributed by atoms with E-state index in [1.165, 1.54) is 11.1 Å². The third-order valence-corrected chi connectivity index (χ3v) is 7.07. The molecule has 0 bridgehead atoms. The molecule has 0 saturated carbocycles. The smallest absolute Gasteiger partial charge is 0.407 e. The van der Waals surface area contributed by atoms with Gasteiger partial charge in [0.2, 0.25) is 5.91 Å². The van der Waals surface area contributed by atoms with E-state index in [0.717, 1.165) is 11.1 Å². The van der Waals surface area contributed by atoms with Gasteiger partial charge in [-0.1, -0.05) is 62.4 Å². The van der Waals surface area contributed by atoms with Crippen molar-refractivity contribution in [3.05, 3.63) is 59.7 Å². The number of carbonyl (C=O) groups is 3. The van der Waals surface area contributed by atoms with Crippen molar-refractivity contribution in [2.45, 2.75) is 52.4 Å². The van der Waals surface area contributed by atoms with Crippen LogP contribution in [0.25, 0.3) is 11.1 Å². The Morgan fingerprint density at radius 3 is 2.17 bits per heavy atom. The molecule has 0 spiro atoms. The molecule has 2 unspecified atom stereocenters. The number of amides is 2. The summed E-state index contributed by atoms with van der Waals surface area (Å²) in [5.74, 6) is -0.751. The van der Waals surface area contributed by atoms with Crippen LogP contribution in [-0.4, -0.2) is 42.8 Å². The largest absolute Gasteiger partial charge is 0.481 e. The summed E-state index contributed by atoms with van der Waals surface area (Å²) in [6.07, 6.45) is 1.43. The molecule has 2 atom stereocenters. The van der Waals surface area contributed by atoms with E-state index in [2.05, 4.69) is 34.9 Å². The maximum atomic E-state index is 12.8. The topological polar surface area (TPSA) is 105 Å². The first-order valence-electron chi connectivity index (χ1n) is 12.3. The standard InChI is InChI=1S/C28H36N2O5/c1-4-28(3,26(33)29-16-15-19(2)13-14-25(31)32)18-30-27(34)35-17-24-22-11-7-5-9-20(22)21-10-6-8-12-23(21)24/h5-12,19,24H,4,13-18H2,1-3H3,(H,29,33)(H,30,34)(H,31,32). The van der Waals surface area contributed by atoms with Crippen molar-refractivity contribution in [1.82, 2.24) is 10.6 Å². The summed E-state index contributed by atoms with van der Waals surface area (Å²) in [5, 5.41) is 14.5. The van der Waals surface area contributed by atoms with Crippen LogP contribution in [0.2, 0.25) is 0 Å². The number of rotatable bonds is 12. The Hall–Kier alpha value is -3.35. The minimum Gasteiger partial charge on any atom is -0.481 e. The van der Waals surface area contributed by atoms with Gasteiger partial charge in [-0.25, -0.2) is 4.79 Å². The van der Waals surface area contributed by atoms with Crippen LogP contribution in [0.3, 0.4) is 0 Å². The molecule has 2 aromatic carbocycles. The number of aliphatic carboxylic acids is 1. The van der Waals surface area contributed by atoms with E-state index in [0.29, 0.717) is 25.8 Å². The molecular formula is C28H36N2O5. The average molecular weight is 481 g/mol. The number of benzene rings is 2. The number of alkyl carbamates (subject to hydrolysis) is 1. The normalized spacial score (nSPS) is 14.8.